The number of hydrazone groups is 1. The highest BCUT2D eigenvalue weighted by molar-refractivity contribution is 6.39. The normalized spacial score (nSPS) is 10.5. The highest BCUT2D eigenvalue weighted by Gasteiger charge is 2.13. The van der Waals surface area contributed by atoms with Crippen LogP contribution in [0.25, 0.3) is 0 Å². The average molecular weight is 503 g/mol. The van der Waals surface area contributed by atoms with Crippen LogP contribution in [0.2, 0.25) is 0 Å². The fourth-order valence-electron chi connectivity index (χ4n) is 3.07. The SMILES string of the molecule is CCCCOc1ccc(NC(=O)C(=O)N/N=C\c2ccc(OCC(=O)Nc3ccccc3C)cc2)cc1. The van der Waals surface area contributed by atoms with Crippen molar-refractivity contribution in [2.24, 2.45) is 5.10 Å². The minimum absolute atomic E-state index is 0.137. The van der Waals surface area contributed by atoms with Gasteiger partial charge in [-0.1, -0.05) is 31.5 Å². The molecule has 0 unspecified atom stereocenters. The molecule has 0 atom stereocenters. The van der Waals surface area contributed by atoms with E-state index >= 15 is 0 Å². The van der Waals surface area contributed by atoms with Gasteiger partial charge < -0.3 is 20.1 Å². The molecule has 9 heteroatoms. The van der Waals surface area contributed by atoms with Crippen molar-refractivity contribution in [1.29, 1.82) is 0 Å². The van der Waals surface area contributed by atoms with Gasteiger partial charge in [-0.2, -0.15) is 5.10 Å². The van der Waals surface area contributed by atoms with E-state index in [0.29, 0.717) is 29.4 Å². The van der Waals surface area contributed by atoms with E-state index in [-0.39, 0.29) is 12.5 Å². The quantitative estimate of drug-likeness (QED) is 0.157. The van der Waals surface area contributed by atoms with Crippen molar-refractivity contribution < 1.29 is 23.9 Å². The average Bonchev–Trinajstić information content (AvgIpc) is 2.90. The molecule has 37 heavy (non-hydrogen) atoms. The van der Waals surface area contributed by atoms with Crippen LogP contribution in [0.15, 0.2) is 77.9 Å². The number of ether oxygens (including phenoxy) is 2. The number of amides is 3. The number of benzene rings is 3. The van der Waals surface area contributed by atoms with E-state index in [1.807, 2.05) is 31.2 Å². The number of carbonyl (C=O) groups is 3. The molecule has 3 rings (SSSR count). The summed E-state index contributed by atoms with van der Waals surface area (Å²) in [4.78, 5) is 36.2. The lowest BCUT2D eigenvalue weighted by atomic mass is 10.2. The zero-order valence-corrected chi connectivity index (χ0v) is 20.8. The summed E-state index contributed by atoms with van der Waals surface area (Å²) in [6.45, 7) is 4.49. The highest BCUT2D eigenvalue weighted by Crippen LogP contribution is 2.16. The second kappa shape index (κ2) is 14.0. The third-order valence-corrected chi connectivity index (χ3v) is 5.13. The Labute approximate surface area is 215 Å². The molecule has 0 heterocycles. The fraction of sp³-hybridized carbons (Fsp3) is 0.214. The van der Waals surface area contributed by atoms with Gasteiger partial charge in [-0.25, -0.2) is 5.43 Å². The third-order valence-electron chi connectivity index (χ3n) is 5.13. The van der Waals surface area contributed by atoms with E-state index in [4.69, 9.17) is 9.47 Å². The third kappa shape index (κ3) is 9.14. The number of hydrogen-bond donors (Lipinski definition) is 3. The number of aryl methyl sites for hydroxylation is 1. The topological polar surface area (TPSA) is 118 Å². The standard InChI is InChI=1S/C28H30N4O5/c1-3-4-17-36-23-15-11-22(12-16-23)30-27(34)28(35)32-29-18-21-9-13-24(14-10-21)37-19-26(33)31-25-8-6-5-7-20(25)2/h5-16,18H,3-4,17,19H2,1-2H3,(H,30,34)(H,31,33)(H,32,35)/b29-18-. The van der Waals surface area contributed by atoms with Crippen molar-refractivity contribution in [2.45, 2.75) is 26.7 Å². The maximum atomic E-state index is 12.1. The van der Waals surface area contributed by atoms with Crippen LogP contribution in [0.5, 0.6) is 11.5 Å². The summed E-state index contributed by atoms with van der Waals surface area (Å²) >= 11 is 0. The first-order valence-corrected chi connectivity index (χ1v) is 11.9. The Balaban J connectivity index is 1.40. The lowest BCUT2D eigenvalue weighted by Gasteiger charge is -2.09. The molecule has 0 aromatic heterocycles. The molecule has 0 fully saturated rings. The zero-order chi connectivity index (χ0) is 26.5. The van der Waals surface area contributed by atoms with Crippen LogP contribution in [-0.4, -0.2) is 37.1 Å². The monoisotopic (exact) mass is 502 g/mol. The summed E-state index contributed by atoms with van der Waals surface area (Å²) in [7, 11) is 0. The van der Waals surface area contributed by atoms with Crippen LogP contribution in [0.1, 0.15) is 30.9 Å². The molecule has 0 saturated carbocycles. The largest absolute Gasteiger partial charge is 0.494 e. The van der Waals surface area contributed by atoms with E-state index in [1.165, 1.54) is 6.21 Å². The summed E-state index contributed by atoms with van der Waals surface area (Å²) in [5, 5.41) is 9.12. The molecule has 0 spiro atoms. The maximum absolute atomic E-state index is 12.1. The van der Waals surface area contributed by atoms with Gasteiger partial charge in [0.25, 0.3) is 5.91 Å². The molecule has 0 aliphatic carbocycles. The summed E-state index contributed by atoms with van der Waals surface area (Å²) in [5.41, 5.74) is 5.02. The Bertz CT molecular complexity index is 1220. The molecular weight excluding hydrogens is 472 g/mol. The fourth-order valence-corrected chi connectivity index (χ4v) is 3.07. The van der Waals surface area contributed by atoms with Crippen molar-refractivity contribution in [1.82, 2.24) is 5.43 Å². The van der Waals surface area contributed by atoms with Gasteiger partial charge in [0.05, 0.1) is 12.8 Å². The predicted octanol–water partition coefficient (Wildman–Crippen LogP) is 4.28. The summed E-state index contributed by atoms with van der Waals surface area (Å²) in [5.74, 6) is -0.814. The number of carbonyl (C=O) groups excluding carboxylic acids is 3. The molecule has 0 saturated heterocycles. The Kier molecular flexibility index (Phi) is 10.2. The smallest absolute Gasteiger partial charge is 0.329 e. The Morgan fingerprint density at radius 1 is 0.838 bits per heavy atom. The van der Waals surface area contributed by atoms with Crippen molar-refractivity contribution >= 4 is 35.3 Å². The van der Waals surface area contributed by atoms with Crippen LogP contribution in [0, 0.1) is 6.92 Å². The Hall–Kier alpha value is -4.66. The van der Waals surface area contributed by atoms with E-state index in [0.717, 1.165) is 24.1 Å². The summed E-state index contributed by atoms with van der Waals surface area (Å²) in [6, 6.07) is 21.0. The van der Waals surface area contributed by atoms with Crippen LogP contribution < -0.4 is 25.5 Å². The van der Waals surface area contributed by atoms with E-state index in [2.05, 4.69) is 28.1 Å². The van der Waals surface area contributed by atoms with E-state index < -0.39 is 11.8 Å². The lowest BCUT2D eigenvalue weighted by molar-refractivity contribution is -0.136. The molecule has 0 bridgehead atoms. The Morgan fingerprint density at radius 3 is 2.22 bits per heavy atom. The first-order valence-electron chi connectivity index (χ1n) is 11.9. The first kappa shape index (κ1) is 26.9. The van der Waals surface area contributed by atoms with E-state index in [1.54, 1.807) is 48.5 Å². The molecule has 192 valence electrons. The van der Waals surface area contributed by atoms with Crippen molar-refractivity contribution in [3.05, 3.63) is 83.9 Å². The number of anilines is 2. The predicted molar refractivity (Wildman–Crippen MR) is 143 cm³/mol. The highest BCUT2D eigenvalue weighted by atomic mass is 16.5. The van der Waals surface area contributed by atoms with Gasteiger partial charge in [-0.15, -0.1) is 0 Å². The number of nitrogens with one attached hydrogen (secondary N) is 3. The van der Waals surface area contributed by atoms with Crippen LogP contribution in [-0.2, 0) is 14.4 Å². The van der Waals surface area contributed by atoms with Crippen molar-refractivity contribution in [2.75, 3.05) is 23.8 Å². The number of hydrogen-bond acceptors (Lipinski definition) is 6. The van der Waals surface area contributed by atoms with Crippen LogP contribution >= 0.6 is 0 Å². The molecule has 3 N–H and O–H groups in total. The van der Waals surface area contributed by atoms with E-state index in [9.17, 15) is 14.4 Å². The van der Waals surface area contributed by atoms with Gasteiger partial charge in [-0.05, 0) is 79.1 Å². The van der Waals surface area contributed by atoms with Gasteiger partial charge in [-0.3, -0.25) is 14.4 Å². The molecule has 3 amide bonds. The molecule has 0 aliphatic heterocycles. The summed E-state index contributed by atoms with van der Waals surface area (Å²) < 4.78 is 11.1. The molecule has 3 aromatic carbocycles. The first-order chi connectivity index (χ1) is 17.9. The van der Waals surface area contributed by atoms with Gasteiger partial charge in [0.1, 0.15) is 11.5 Å². The van der Waals surface area contributed by atoms with Gasteiger partial charge >= 0.3 is 11.8 Å². The molecule has 0 radical (unpaired) electrons. The zero-order valence-electron chi connectivity index (χ0n) is 20.8. The van der Waals surface area contributed by atoms with Crippen LogP contribution in [0.3, 0.4) is 0 Å². The van der Waals surface area contributed by atoms with Crippen molar-refractivity contribution in [3.63, 3.8) is 0 Å². The molecule has 3 aromatic rings. The molecule has 9 nitrogen and oxygen atoms in total. The maximum Gasteiger partial charge on any atom is 0.329 e. The lowest BCUT2D eigenvalue weighted by Crippen LogP contribution is -2.32. The van der Waals surface area contributed by atoms with Crippen LogP contribution in [0.4, 0.5) is 11.4 Å². The molecular formula is C28H30N4O5. The number of rotatable bonds is 11. The van der Waals surface area contributed by atoms with Crippen molar-refractivity contribution in [3.8, 4) is 11.5 Å². The van der Waals surface area contributed by atoms with Gasteiger partial charge in [0.2, 0.25) is 0 Å². The summed E-state index contributed by atoms with van der Waals surface area (Å²) in [6.07, 6.45) is 3.40. The minimum atomic E-state index is -0.904. The second-order valence-corrected chi connectivity index (χ2v) is 8.10. The second-order valence-electron chi connectivity index (χ2n) is 8.10. The van der Waals surface area contributed by atoms with Gasteiger partial charge in [0.15, 0.2) is 6.61 Å². The number of unbranched alkanes of at least 4 members (excludes halogenated alkanes) is 1. The van der Waals surface area contributed by atoms with Gasteiger partial charge in [0, 0.05) is 11.4 Å². The number of nitrogens with zero attached hydrogens (tertiary/aromatic N) is 1. The molecule has 0 aliphatic rings. The Morgan fingerprint density at radius 2 is 1.51 bits per heavy atom. The minimum Gasteiger partial charge on any atom is -0.494 e. The number of para-hydroxylation sites is 1.